The van der Waals surface area contributed by atoms with Crippen LogP contribution in [-0.4, -0.2) is 31.2 Å². The number of H-pyrrole nitrogens is 1. The van der Waals surface area contributed by atoms with E-state index in [1.54, 1.807) is 14.2 Å². The van der Waals surface area contributed by atoms with Crippen LogP contribution in [0.15, 0.2) is 28.0 Å². The lowest BCUT2D eigenvalue weighted by atomic mass is 9.86. The highest BCUT2D eigenvalue weighted by molar-refractivity contribution is 7.99. The Kier molecular flexibility index (Phi) is 4.26. The van der Waals surface area contributed by atoms with Crippen LogP contribution < -0.4 is 14.3 Å². The van der Waals surface area contributed by atoms with Gasteiger partial charge in [-0.1, -0.05) is 17.4 Å². The van der Waals surface area contributed by atoms with Crippen molar-refractivity contribution >= 4 is 29.4 Å². The van der Waals surface area contributed by atoms with Crippen LogP contribution in [0.1, 0.15) is 16.4 Å². The fraction of sp³-hybridized carbons (Fsp3) is 0.333. The van der Waals surface area contributed by atoms with Crippen LogP contribution >= 0.6 is 23.1 Å². The van der Waals surface area contributed by atoms with Crippen molar-refractivity contribution in [2.45, 2.75) is 10.9 Å². The van der Waals surface area contributed by atoms with E-state index in [0.29, 0.717) is 17.3 Å². The van der Waals surface area contributed by atoms with E-state index in [2.05, 4.69) is 4.98 Å². The maximum absolute atomic E-state index is 11.7. The van der Waals surface area contributed by atoms with Gasteiger partial charge in [0.1, 0.15) is 6.29 Å². The van der Waals surface area contributed by atoms with Crippen molar-refractivity contribution in [3.8, 4) is 11.5 Å². The zero-order chi connectivity index (χ0) is 15.7. The fourth-order valence-corrected chi connectivity index (χ4v) is 5.04. The number of hydrogen-bond donors (Lipinski definition) is 1. The molecule has 3 rings (SSSR count). The third-order valence-electron chi connectivity index (χ3n) is 3.71. The molecule has 0 radical (unpaired) electrons. The van der Waals surface area contributed by atoms with Crippen molar-refractivity contribution in [2.75, 3.05) is 20.0 Å². The second-order valence-corrected chi connectivity index (χ2v) is 6.96. The van der Waals surface area contributed by atoms with Gasteiger partial charge in [0, 0.05) is 22.5 Å². The summed E-state index contributed by atoms with van der Waals surface area (Å²) in [7, 11) is 3.16. The summed E-state index contributed by atoms with van der Waals surface area (Å²) in [5.41, 5.74) is 0.951. The molecule has 7 heteroatoms. The lowest BCUT2D eigenvalue weighted by Gasteiger charge is -2.27. The molecular formula is C15H15NO4S2. The highest BCUT2D eigenvalue weighted by Gasteiger charge is 2.34. The van der Waals surface area contributed by atoms with Gasteiger partial charge in [-0.05, 0) is 17.7 Å². The van der Waals surface area contributed by atoms with Crippen molar-refractivity contribution in [2.24, 2.45) is 5.92 Å². The maximum Gasteiger partial charge on any atom is 0.305 e. The maximum atomic E-state index is 11.7. The van der Waals surface area contributed by atoms with E-state index in [1.807, 2.05) is 18.2 Å². The van der Waals surface area contributed by atoms with Crippen LogP contribution in [0.25, 0.3) is 0 Å². The molecule has 1 aliphatic rings. The molecule has 0 aliphatic carbocycles. The highest BCUT2D eigenvalue weighted by atomic mass is 32.2. The topological polar surface area (TPSA) is 68.4 Å². The summed E-state index contributed by atoms with van der Waals surface area (Å²) in [6, 6.07) is 5.63. The number of thiazole rings is 1. The summed E-state index contributed by atoms with van der Waals surface area (Å²) in [6.45, 7) is 0. The van der Waals surface area contributed by atoms with Gasteiger partial charge in [0.05, 0.1) is 19.2 Å². The zero-order valence-electron chi connectivity index (χ0n) is 12.1. The fourth-order valence-electron chi connectivity index (χ4n) is 2.67. The molecule has 2 aromatic rings. The van der Waals surface area contributed by atoms with Crippen LogP contribution in [0.3, 0.4) is 0 Å². The Morgan fingerprint density at radius 2 is 2.05 bits per heavy atom. The Balaban J connectivity index is 2.12. The van der Waals surface area contributed by atoms with Crippen molar-refractivity contribution in [3.63, 3.8) is 0 Å². The van der Waals surface area contributed by atoms with Gasteiger partial charge in [0.25, 0.3) is 0 Å². The number of ether oxygens (including phenoxy) is 2. The van der Waals surface area contributed by atoms with Crippen LogP contribution in [0.2, 0.25) is 0 Å². The summed E-state index contributed by atoms with van der Waals surface area (Å²) in [6.07, 6.45) is 0.974. The standard InChI is InChI=1S/C15H15NO4S2/c1-19-10-4-3-8(5-11(10)20-2)12-9(6-17)7-21-14-13(12)22-15(18)16-14/h3-6,9,12H,7H2,1-2H3,(H,16,18). The normalized spacial score (nSPS) is 20.3. The summed E-state index contributed by atoms with van der Waals surface area (Å²) >= 11 is 2.70. The molecule has 2 heterocycles. The summed E-state index contributed by atoms with van der Waals surface area (Å²) in [5.74, 6) is 1.62. The molecule has 0 spiro atoms. The van der Waals surface area contributed by atoms with Crippen LogP contribution in [-0.2, 0) is 4.79 Å². The van der Waals surface area contributed by atoms with Gasteiger partial charge in [-0.3, -0.25) is 4.79 Å². The predicted molar refractivity (Wildman–Crippen MR) is 86.6 cm³/mol. The van der Waals surface area contributed by atoms with Gasteiger partial charge in [0.2, 0.25) is 0 Å². The van der Waals surface area contributed by atoms with Crippen molar-refractivity contribution in [1.82, 2.24) is 4.98 Å². The quantitative estimate of drug-likeness (QED) is 0.868. The van der Waals surface area contributed by atoms with E-state index in [9.17, 15) is 9.59 Å². The van der Waals surface area contributed by atoms with E-state index < -0.39 is 0 Å². The molecule has 0 amide bonds. The Bertz CT molecular complexity index is 752. The monoisotopic (exact) mass is 337 g/mol. The molecule has 22 heavy (non-hydrogen) atoms. The van der Waals surface area contributed by atoms with Crippen LogP contribution in [0, 0.1) is 5.92 Å². The van der Waals surface area contributed by atoms with Gasteiger partial charge in [-0.15, -0.1) is 11.8 Å². The first kappa shape index (κ1) is 15.2. The molecule has 0 bridgehead atoms. The number of rotatable bonds is 4. The number of thioether (sulfide) groups is 1. The molecule has 2 atom stereocenters. The van der Waals surface area contributed by atoms with Crippen molar-refractivity contribution in [3.05, 3.63) is 38.3 Å². The van der Waals surface area contributed by atoms with Gasteiger partial charge in [0.15, 0.2) is 11.5 Å². The van der Waals surface area contributed by atoms with E-state index in [0.717, 1.165) is 21.8 Å². The van der Waals surface area contributed by atoms with E-state index in [4.69, 9.17) is 9.47 Å². The van der Waals surface area contributed by atoms with Gasteiger partial charge >= 0.3 is 4.87 Å². The van der Waals surface area contributed by atoms with Crippen LogP contribution in [0.5, 0.6) is 11.5 Å². The Hall–Kier alpha value is -1.73. The number of aromatic amines is 1. The first-order valence-corrected chi connectivity index (χ1v) is 8.51. The summed E-state index contributed by atoms with van der Waals surface area (Å²) in [5, 5.41) is 0.868. The minimum Gasteiger partial charge on any atom is -0.493 e. The summed E-state index contributed by atoms with van der Waals surface area (Å²) in [4.78, 5) is 26.8. The third kappa shape index (κ3) is 2.55. The lowest BCUT2D eigenvalue weighted by Crippen LogP contribution is -2.21. The number of nitrogens with one attached hydrogen (secondary N) is 1. The minimum atomic E-state index is -0.165. The van der Waals surface area contributed by atoms with E-state index in [-0.39, 0.29) is 16.7 Å². The number of aromatic nitrogens is 1. The number of methoxy groups -OCH3 is 2. The average molecular weight is 337 g/mol. The molecular weight excluding hydrogens is 322 g/mol. The molecule has 0 saturated carbocycles. The molecule has 5 nitrogen and oxygen atoms in total. The second-order valence-electron chi connectivity index (χ2n) is 4.91. The number of fused-ring (bicyclic) bond motifs is 1. The molecule has 1 N–H and O–H groups in total. The van der Waals surface area contributed by atoms with Gasteiger partial charge < -0.3 is 19.3 Å². The lowest BCUT2D eigenvalue weighted by molar-refractivity contribution is -0.110. The SMILES string of the molecule is COc1ccc(C2c3sc(=O)[nH]c3SCC2C=O)cc1OC. The Labute approximate surface area is 135 Å². The van der Waals surface area contributed by atoms with E-state index >= 15 is 0 Å². The third-order valence-corrected chi connectivity index (χ3v) is 5.97. The number of carbonyl (C=O) groups excluding carboxylic acids is 1. The molecule has 0 fully saturated rings. The largest absolute Gasteiger partial charge is 0.493 e. The van der Waals surface area contributed by atoms with Crippen molar-refractivity contribution in [1.29, 1.82) is 0 Å². The number of aldehydes is 1. The van der Waals surface area contributed by atoms with Crippen LogP contribution in [0.4, 0.5) is 0 Å². The second kappa shape index (κ2) is 6.18. The number of carbonyl (C=O) groups is 1. The average Bonchev–Trinajstić information content (AvgIpc) is 2.93. The smallest absolute Gasteiger partial charge is 0.305 e. The zero-order valence-corrected chi connectivity index (χ0v) is 13.8. The summed E-state index contributed by atoms with van der Waals surface area (Å²) < 4.78 is 10.6. The highest BCUT2D eigenvalue weighted by Crippen LogP contribution is 2.45. The predicted octanol–water partition coefficient (Wildman–Crippen LogP) is 2.51. The Morgan fingerprint density at radius 3 is 2.73 bits per heavy atom. The first-order valence-electron chi connectivity index (χ1n) is 6.71. The molecule has 0 saturated heterocycles. The van der Waals surface area contributed by atoms with Gasteiger partial charge in [-0.2, -0.15) is 0 Å². The molecule has 1 aromatic carbocycles. The molecule has 116 valence electrons. The van der Waals surface area contributed by atoms with Crippen molar-refractivity contribution < 1.29 is 14.3 Å². The molecule has 2 unspecified atom stereocenters. The molecule has 1 aromatic heterocycles. The van der Waals surface area contributed by atoms with E-state index in [1.165, 1.54) is 23.1 Å². The number of hydrogen-bond acceptors (Lipinski definition) is 6. The number of benzene rings is 1. The first-order chi connectivity index (χ1) is 10.7. The van der Waals surface area contributed by atoms with Gasteiger partial charge in [-0.25, -0.2) is 0 Å². The Morgan fingerprint density at radius 1 is 1.27 bits per heavy atom. The molecule has 1 aliphatic heterocycles. The minimum absolute atomic E-state index is 0.0884.